The number of aromatic nitrogens is 2. The topological polar surface area (TPSA) is 41.0 Å². The lowest BCUT2D eigenvalue weighted by Crippen LogP contribution is -3.00. The second kappa shape index (κ2) is 7.92. The number of rotatable bonds is 5. The van der Waals surface area contributed by atoms with Crippen LogP contribution in [0.4, 0.5) is 5.82 Å². The minimum atomic E-state index is 0. The molecule has 1 N–H and O–H groups in total. The van der Waals surface area contributed by atoms with Gasteiger partial charge in [-0.2, -0.15) is 0 Å². The molecule has 21 heavy (non-hydrogen) atoms. The van der Waals surface area contributed by atoms with Gasteiger partial charge in [0.2, 0.25) is 0 Å². The fourth-order valence-electron chi connectivity index (χ4n) is 2.74. The lowest BCUT2D eigenvalue weighted by atomic mass is 10.1. The van der Waals surface area contributed by atoms with E-state index in [1.165, 1.54) is 42.6 Å². The summed E-state index contributed by atoms with van der Waals surface area (Å²) in [5, 5.41) is 4.66. The molecule has 0 unspecified atom stereocenters. The molecule has 116 valence electrons. The highest BCUT2D eigenvalue weighted by molar-refractivity contribution is 7.18. The summed E-state index contributed by atoms with van der Waals surface area (Å²) in [4.78, 5) is 13.8. The minimum Gasteiger partial charge on any atom is -1.00 e. The molecule has 2 aromatic rings. The standard InChI is InChI=1S/C15H22N4S.ClH/c1-2-12-10-13-14(17-11-18-15(13)20-12)16-6-9-19-7-4-3-5-8-19;/h10-11H,2-9H2,1H3,(H,16,17,18);1H/p-1. The van der Waals surface area contributed by atoms with Crippen LogP contribution in [-0.4, -0.2) is 41.0 Å². The summed E-state index contributed by atoms with van der Waals surface area (Å²) >= 11 is 1.77. The number of anilines is 1. The SMILES string of the molecule is CCc1cc2c(NCCN3CCCCC3)ncnc2s1.[Cl-]. The summed E-state index contributed by atoms with van der Waals surface area (Å²) in [6.07, 6.45) is 6.82. The molecule has 2 aromatic heterocycles. The van der Waals surface area contributed by atoms with Crippen molar-refractivity contribution in [1.82, 2.24) is 14.9 Å². The monoisotopic (exact) mass is 325 g/mol. The molecule has 6 heteroatoms. The third-order valence-corrected chi connectivity index (χ3v) is 5.09. The van der Waals surface area contributed by atoms with E-state index in [2.05, 4.69) is 33.2 Å². The third-order valence-electron chi connectivity index (χ3n) is 3.90. The average Bonchev–Trinajstić information content (AvgIpc) is 2.92. The molecule has 1 aliphatic rings. The Hall–Kier alpha value is -0.910. The van der Waals surface area contributed by atoms with Crippen molar-refractivity contribution in [3.05, 3.63) is 17.3 Å². The lowest BCUT2D eigenvalue weighted by Gasteiger charge is -2.26. The molecule has 3 rings (SSSR count). The van der Waals surface area contributed by atoms with Gasteiger partial charge in [-0.25, -0.2) is 9.97 Å². The highest BCUT2D eigenvalue weighted by Crippen LogP contribution is 2.28. The molecule has 0 aliphatic carbocycles. The van der Waals surface area contributed by atoms with Gasteiger partial charge in [-0.15, -0.1) is 11.3 Å². The van der Waals surface area contributed by atoms with Crippen molar-refractivity contribution in [1.29, 1.82) is 0 Å². The number of halogens is 1. The Morgan fingerprint density at radius 3 is 2.81 bits per heavy atom. The van der Waals surface area contributed by atoms with E-state index in [9.17, 15) is 0 Å². The first-order chi connectivity index (χ1) is 9.86. The van der Waals surface area contributed by atoms with Crippen LogP contribution in [0.15, 0.2) is 12.4 Å². The average molecular weight is 326 g/mol. The Bertz CT molecular complexity index is 566. The summed E-state index contributed by atoms with van der Waals surface area (Å²) in [7, 11) is 0. The molecule has 1 saturated heterocycles. The smallest absolute Gasteiger partial charge is 0.138 e. The quantitative estimate of drug-likeness (QED) is 0.850. The Morgan fingerprint density at radius 1 is 1.24 bits per heavy atom. The maximum Gasteiger partial charge on any atom is 0.138 e. The zero-order valence-corrected chi connectivity index (χ0v) is 14.0. The Labute approximate surface area is 136 Å². The van der Waals surface area contributed by atoms with Crippen LogP contribution < -0.4 is 17.7 Å². The van der Waals surface area contributed by atoms with Crippen molar-refractivity contribution in [3.8, 4) is 0 Å². The molecular formula is C15H22ClN4S-. The molecular weight excluding hydrogens is 304 g/mol. The molecule has 0 atom stereocenters. The van der Waals surface area contributed by atoms with Gasteiger partial charge < -0.3 is 22.6 Å². The summed E-state index contributed by atoms with van der Waals surface area (Å²) < 4.78 is 0. The molecule has 3 heterocycles. The number of likely N-dealkylation sites (tertiary alicyclic amines) is 1. The van der Waals surface area contributed by atoms with Crippen molar-refractivity contribution in [2.24, 2.45) is 0 Å². The number of hydrogen-bond acceptors (Lipinski definition) is 5. The van der Waals surface area contributed by atoms with E-state index in [0.29, 0.717) is 0 Å². The Kier molecular flexibility index (Phi) is 6.21. The number of piperidine rings is 1. The first kappa shape index (κ1) is 16.5. The maximum atomic E-state index is 4.40. The zero-order chi connectivity index (χ0) is 13.8. The van der Waals surface area contributed by atoms with Crippen LogP contribution >= 0.6 is 11.3 Å². The van der Waals surface area contributed by atoms with Crippen LogP contribution in [0.3, 0.4) is 0 Å². The molecule has 1 aliphatic heterocycles. The van der Waals surface area contributed by atoms with E-state index >= 15 is 0 Å². The van der Waals surface area contributed by atoms with Gasteiger partial charge >= 0.3 is 0 Å². The van der Waals surface area contributed by atoms with Gasteiger partial charge in [0.1, 0.15) is 17.0 Å². The number of nitrogens with zero attached hydrogens (tertiary/aromatic N) is 3. The summed E-state index contributed by atoms with van der Waals surface area (Å²) in [6, 6.07) is 2.23. The van der Waals surface area contributed by atoms with Crippen LogP contribution in [0.5, 0.6) is 0 Å². The first-order valence-corrected chi connectivity index (χ1v) is 8.38. The summed E-state index contributed by atoms with van der Waals surface area (Å²) in [5.41, 5.74) is 0. The van der Waals surface area contributed by atoms with Gasteiger partial charge in [0.05, 0.1) is 5.39 Å². The molecule has 4 nitrogen and oxygen atoms in total. The van der Waals surface area contributed by atoms with Crippen LogP contribution in [0, 0.1) is 0 Å². The molecule has 0 aromatic carbocycles. The molecule has 0 amide bonds. The predicted octanol–water partition coefficient (Wildman–Crippen LogP) is 0.156. The fraction of sp³-hybridized carbons (Fsp3) is 0.600. The molecule has 0 radical (unpaired) electrons. The van der Waals surface area contributed by atoms with Crippen LogP contribution in [0.2, 0.25) is 0 Å². The Balaban J connectivity index is 0.00000161. The van der Waals surface area contributed by atoms with Crippen molar-refractivity contribution >= 4 is 27.4 Å². The normalized spacial score (nSPS) is 15.9. The molecule has 1 fully saturated rings. The number of thiophene rings is 1. The van der Waals surface area contributed by atoms with E-state index in [-0.39, 0.29) is 12.4 Å². The number of hydrogen-bond donors (Lipinski definition) is 1. The lowest BCUT2D eigenvalue weighted by molar-refractivity contribution is -0.00000416. The number of aryl methyl sites for hydroxylation is 1. The van der Waals surface area contributed by atoms with Gasteiger partial charge in [0.15, 0.2) is 0 Å². The van der Waals surface area contributed by atoms with Crippen LogP contribution in [0.1, 0.15) is 31.1 Å². The molecule has 0 bridgehead atoms. The van der Waals surface area contributed by atoms with E-state index in [4.69, 9.17) is 0 Å². The van der Waals surface area contributed by atoms with E-state index < -0.39 is 0 Å². The van der Waals surface area contributed by atoms with Gasteiger partial charge in [0.25, 0.3) is 0 Å². The number of fused-ring (bicyclic) bond motifs is 1. The van der Waals surface area contributed by atoms with Crippen molar-refractivity contribution in [2.75, 3.05) is 31.5 Å². The summed E-state index contributed by atoms with van der Waals surface area (Å²) in [5.74, 6) is 0.989. The highest BCUT2D eigenvalue weighted by Gasteiger charge is 2.11. The highest BCUT2D eigenvalue weighted by atomic mass is 35.5. The van der Waals surface area contributed by atoms with E-state index in [0.717, 1.165) is 30.2 Å². The van der Waals surface area contributed by atoms with Crippen LogP contribution in [0.25, 0.3) is 10.2 Å². The molecule has 0 spiro atoms. The predicted molar refractivity (Wildman–Crippen MR) is 85.6 cm³/mol. The largest absolute Gasteiger partial charge is 1.00 e. The van der Waals surface area contributed by atoms with Crippen molar-refractivity contribution in [3.63, 3.8) is 0 Å². The zero-order valence-electron chi connectivity index (χ0n) is 12.4. The third kappa shape index (κ3) is 4.05. The summed E-state index contributed by atoms with van der Waals surface area (Å²) in [6.45, 7) is 6.75. The van der Waals surface area contributed by atoms with Gasteiger partial charge in [-0.1, -0.05) is 13.3 Å². The van der Waals surface area contributed by atoms with Crippen molar-refractivity contribution < 1.29 is 12.4 Å². The molecule has 0 saturated carbocycles. The maximum absolute atomic E-state index is 4.40. The second-order valence-electron chi connectivity index (χ2n) is 5.34. The van der Waals surface area contributed by atoms with Gasteiger partial charge in [-0.05, 0) is 38.4 Å². The van der Waals surface area contributed by atoms with Crippen LogP contribution in [-0.2, 0) is 6.42 Å². The Morgan fingerprint density at radius 2 is 2.05 bits per heavy atom. The van der Waals surface area contributed by atoms with E-state index in [1.807, 2.05) is 0 Å². The second-order valence-corrected chi connectivity index (χ2v) is 6.45. The number of nitrogens with one attached hydrogen (secondary N) is 1. The minimum absolute atomic E-state index is 0. The fourth-order valence-corrected chi connectivity index (χ4v) is 3.67. The van der Waals surface area contributed by atoms with Crippen molar-refractivity contribution in [2.45, 2.75) is 32.6 Å². The van der Waals surface area contributed by atoms with E-state index in [1.54, 1.807) is 17.7 Å². The van der Waals surface area contributed by atoms with Gasteiger partial charge in [-0.3, -0.25) is 0 Å². The first-order valence-electron chi connectivity index (χ1n) is 7.56. The van der Waals surface area contributed by atoms with Gasteiger partial charge in [0, 0.05) is 18.0 Å².